The number of amides is 1. The van der Waals surface area contributed by atoms with E-state index in [9.17, 15) is 4.79 Å². The summed E-state index contributed by atoms with van der Waals surface area (Å²) in [6.45, 7) is 11.6. The van der Waals surface area contributed by atoms with Crippen molar-refractivity contribution in [3.05, 3.63) is 0 Å². The van der Waals surface area contributed by atoms with Crippen LogP contribution in [-0.2, 0) is 4.79 Å². The third-order valence-electron chi connectivity index (χ3n) is 2.92. The summed E-state index contributed by atoms with van der Waals surface area (Å²) in [6.07, 6.45) is 0. The normalized spacial score (nSPS) is 23.9. The number of carbonyl (C=O) groups is 1. The molecule has 1 amide bonds. The molecule has 0 bridgehead atoms. The molecule has 1 aliphatic rings. The van der Waals surface area contributed by atoms with Gasteiger partial charge in [0.25, 0.3) is 0 Å². The van der Waals surface area contributed by atoms with Gasteiger partial charge < -0.3 is 4.90 Å². The Labute approximate surface area is 104 Å². The van der Waals surface area contributed by atoms with Crippen molar-refractivity contribution in [3.63, 3.8) is 0 Å². The molecular weight excluding hydrogens is 220 g/mol. The fraction of sp³-hybridized carbons (Fsp3) is 0.917. The molecule has 1 saturated heterocycles. The van der Waals surface area contributed by atoms with Gasteiger partial charge in [-0.15, -0.1) is 0 Å². The van der Waals surface area contributed by atoms with Crippen molar-refractivity contribution < 1.29 is 4.79 Å². The highest BCUT2D eigenvalue weighted by atomic mass is 32.2. The van der Waals surface area contributed by atoms with Crippen molar-refractivity contribution in [2.24, 2.45) is 0 Å². The lowest BCUT2D eigenvalue weighted by Crippen LogP contribution is -2.54. The molecule has 1 atom stereocenters. The number of hydrogen-bond donors (Lipinski definition) is 0. The lowest BCUT2D eigenvalue weighted by atomic mass is 10.2. The number of thioether (sulfide) groups is 1. The van der Waals surface area contributed by atoms with E-state index in [1.807, 2.05) is 30.6 Å². The van der Waals surface area contributed by atoms with Gasteiger partial charge in [-0.2, -0.15) is 11.8 Å². The summed E-state index contributed by atoms with van der Waals surface area (Å²) < 4.78 is 0.319. The molecule has 0 N–H and O–H groups in total. The van der Waals surface area contributed by atoms with Crippen LogP contribution in [0.2, 0.25) is 0 Å². The fourth-order valence-corrected chi connectivity index (χ4v) is 2.77. The molecule has 0 aliphatic carbocycles. The minimum atomic E-state index is 0.0549. The van der Waals surface area contributed by atoms with Gasteiger partial charge in [-0.3, -0.25) is 9.69 Å². The molecule has 0 aromatic rings. The van der Waals surface area contributed by atoms with Crippen LogP contribution in [-0.4, -0.2) is 58.9 Å². The van der Waals surface area contributed by atoms with Crippen molar-refractivity contribution in [2.75, 3.05) is 32.4 Å². The van der Waals surface area contributed by atoms with E-state index in [-0.39, 0.29) is 11.9 Å². The van der Waals surface area contributed by atoms with E-state index in [1.165, 1.54) is 0 Å². The SMILES string of the molecule is C[C@H]1C(=O)N(C)CCN1CCSC(C)(C)C. The molecule has 0 saturated carbocycles. The molecule has 1 fully saturated rings. The predicted octanol–water partition coefficient (Wildman–Crippen LogP) is 1.68. The molecule has 0 aromatic heterocycles. The van der Waals surface area contributed by atoms with Gasteiger partial charge in [0.1, 0.15) is 0 Å². The minimum Gasteiger partial charge on any atom is -0.343 e. The molecule has 0 spiro atoms. The number of carbonyl (C=O) groups excluding carboxylic acids is 1. The molecular formula is C12H24N2OS. The van der Waals surface area contributed by atoms with Crippen LogP contribution in [0.3, 0.4) is 0 Å². The highest BCUT2D eigenvalue weighted by Crippen LogP contribution is 2.23. The Morgan fingerprint density at radius 3 is 2.56 bits per heavy atom. The zero-order chi connectivity index (χ0) is 12.3. The van der Waals surface area contributed by atoms with Crippen LogP contribution < -0.4 is 0 Å². The molecule has 3 nitrogen and oxygen atoms in total. The molecule has 1 heterocycles. The van der Waals surface area contributed by atoms with Crippen LogP contribution in [0.4, 0.5) is 0 Å². The second-order valence-corrected chi connectivity index (χ2v) is 7.35. The van der Waals surface area contributed by atoms with E-state index < -0.39 is 0 Å². The van der Waals surface area contributed by atoms with E-state index in [1.54, 1.807) is 0 Å². The second-order valence-electron chi connectivity index (χ2n) is 5.43. The Balaban J connectivity index is 2.35. The Kier molecular flexibility index (Phi) is 4.68. The van der Waals surface area contributed by atoms with Gasteiger partial charge in [0.05, 0.1) is 6.04 Å². The first-order valence-electron chi connectivity index (χ1n) is 5.94. The zero-order valence-corrected chi connectivity index (χ0v) is 11.9. The Bertz CT molecular complexity index is 250. The third-order valence-corrected chi connectivity index (χ3v) is 4.17. The van der Waals surface area contributed by atoms with Crippen molar-refractivity contribution >= 4 is 17.7 Å². The highest BCUT2D eigenvalue weighted by molar-refractivity contribution is 8.00. The highest BCUT2D eigenvalue weighted by Gasteiger charge is 2.28. The maximum atomic E-state index is 11.8. The summed E-state index contributed by atoms with van der Waals surface area (Å²) in [5, 5.41) is 0. The molecule has 0 unspecified atom stereocenters. The summed E-state index contributed by atoms with van der Waals surface area (Å²) in [5.74, 6) is 1.36. The van der Waals surface area contributed by atoms with E-state index in [2.05, 4.69) is 25.7 Å². The monoisotopic (exact) mass is 244 g/mol. The van der Waals surface area contributed by atoms with E-state index in [0.29, 0.717) is 4.75 Å². The first-order chi connectivity index (χ1) is 7.31. The van der Waals surface area contributed by atoms with Gasteiger partial charge in [0.2, 0.25) is 5.91 Å². The lowest BCUT2D eigenvalue weighted by molar-refractivity contribution is -0.139. The second kappa shape index (κ2) is 5.41. The average molecular weight is 244 g/mol. The summed E-state index contributed by atoms with van der Waals surface area (Å²) in [6, 6.07) is 0.0549. The molecule has 1 rings (SSSR count). The van der Waals surface area contributed by atoms with Gasteiger partial charge in [-0.25, -0.2) is 0 Å². The zero-order valence-electron chi connectivity index (χ0n) is 11.1. The number of likely N-dealkylation sites (N-methyl/N-ethyl adjacent to an activating group) is 1. The van der Waals surface area contributed by atoms with Crippen LogP contribution in [0.1, 0.15) is 27.7 Å². The van der Waals surface area contributed by atoms with Crippen LogP contribution in [0, 0.1) is 0 Å². The first-order valence-corrected chi connectivity index (χ1v) is 6.93. The van der Waals surface area contributed by atoms with Crippen LogP contribution in [0.15, 0.2) is 0 Å². The first kappa shape index (κ1) is 13.8. The van der Waals surface area contributed by atoms with E-state index >= 15 is 0 Å². The van der Waals surface area contributed by atoms with Gasteiger partial charge in [0, 0.05) is 37.2 Å². The largest absolute Gasteiger partial charge is 0.343 e. The number of piperazine rings is 1. The Hall–Kier alpha value is -0.220. The fourth-order valence-electron chi connectivity index (χ4n) is 1.83. The Morgan fingerprint density at radius 1 is 1.38 bits per heavy atom. The van der Waals surface area contributed by atoms with Gasteiger partial charge >= 0.3 is 0 Å². The van der Waals surface area contributed by atoms with Crippen LogP contribution >= 0.6 is 11.8 Å². The maximum absolute atomic E-state index is 11.8. The summed E-state index contributed by atoms with van der Waals surface area (Å²) >= 11 is 1.96. The summed E-state index contributed by atoms with van der Waals surface area (Å²) in [4.78, 5) is 15.9. The Morgan fingerprint density at radius 2 is 2.00 bits per heavy atom. The minimum absolute atomic E-state index is 0.0549. The van der Waals surface area contributed by atoms with Crippen molar-refractivity contribution in [3.8, 4) is 0 Å². The predicted molar refractivity (Wildman–Crippen MR) is 70.9 cm³/mol. The summed E-state index contributed by atoms with van der Waals surface area (Å²) in [7, 11) is 1.89. The van der Waals surface area contributed by atoms with Crippen molar-refractivity contribution in [1.82, 2.24) is 9.80 Å². The van der Waals surface area contributed by atoms with Gasteiger partial charge in [-0.05, 0) is 6.92 Å². The molecule has 1 aliphatic heterocycles. The average Bonchev–Trinajstić information content (AvgIpc) is 2.16. The van der Waals surface area contributed by atoms with Crippen molar-refractivity contribution in [2.45, 2.75) is 38.5 Å². The maximum Gasteiger partial charge on any atom is 0.239 e. The topological polar surface area (TPSA) is 23.6 Å². The van der Waals surface area contributed by atoms with Crippen LogP contribution in [0.25, 0.3) is 0 Å². The lowest BCUT2D eigenvalue weighted by Gasteiger charge is -2.37. The molecule has 16 heavy (non-hydrogen) atoms. The standard InChI is InChI=1S/C12H24N2OS/c1-10-11(15)13(5)6-7-14(10)8-9-16-12(2,3)4/h10H,6-9H2,1-5H3/t10-/m0/s1. The number of rotatable bonds is 3. The summed E-state index contributed by atoms with van der Waals surface area (Å²) in [5.41, 5.74) is 0. The van der Waals surface area contributed by atoms with Gasteiger partial charge in [0.15, 0.2) is 0 Å². The van der Waals surface area contributed by atoms with Crippen molar-refractivity contribution in [1.29, 1.82) is 0 Å². The number of nitrogens with zero attached hydrogens (tertiary/aromatic N) is 2. The molecule has 94 valence electrons. The van der Waals surface area contributed by atoms with Crippen LogP contribution in [0.5, 0.6) is 0 Å². The quantitative estimate of drug-likeness (QED) is 0.755. The number of hydrogen-bond acceptors (Lipinski definition) is 3. The third kappa shape index (κ3) is 3.98. The van der Waals surface area contributed by atoms with E-state index in [0.717, 1.165) is 25.4 Å². The van der Waals surface area contributed by atoms with Gasteiger partial charge in [-0.1, -0.05) is 20.8 Å². The van der Waals surface area contributed by atoms with E-state index in [4.69, 9.17) is 0 Å². The molecule has 0 aromatic carbocycles. The molecule has 0 radical (unpaired) electrons. The smallest absolute Gasteiger partial charge is 0.239 e. The molecule has 4 heteroatoms.